The Kier molecular flexibility index (Phi) is 20.1. The standard InChI is InChI=1S/C66H80ClN3/c1-7-13-19-51-25-37-57(38-26-51)68(58-39-27-52(28-40-58)20-14-8-2)63-49-64(69(59-41-29-53(30-42-59)21-15-9-3)60-43-31-54(32-44-60)22-16-10-4)66(67)65(50-63)70(61-45-33-55(34-46-61)23-17-11-5)62-47-35-56(36-48-62)24-18-12-6/h25-50H,7-24H2,1-6H3. The van der Waals surface area contributed by atoms with Crippen LogP contribution in [0.1, 0.15) is 152 Å². The molecule has 0 radical (unpaired) electrons. The van der Waals surface area contributed by atoms with Gasteiger partial charge in [-0.15, -0.1) is 0 Å². The van der Waals surface area contributed by atoms with E-state index in [2.05, 4.69) is 214 Å². The maximum atomic E-state index is 8.20. The van der Waals surface area contributed by atoms with Gasteiger partial charge in [0, 0.05) is 34.1 Å². The van der Waals surface area contributed by atoms with Crippen LogP contribution >= 0.6 is 11.6 Å². The molecule has 0 bridgehead atoms. The lowest BCUT2D eigenvalue weighted by Gasteiger charge is -2.34. The predicted molar refractivity (Wildman–Crippen MR) is 307 cm³/mol. The fourth-order valence-electron chi connectivity index (χ4n) is 9.49. The summed E-state index contributed by atoms with van der Waals surface area (Å²) in [6.45, 7) is 13.6. The highest BCUT2D eigenvalue weighted by atomic mass is 35.5. The van der Waals surface area contributed by atoms with E-state index < -0.39 is 0 Å². The molecule has 7 aromatic rings. The first-order valence-corrected chi connectivity index (χ1v) is 27.5. The number of anilines is 9. The van der Waals surface area contributed by atoms with Crippen LogP contribution in [0.2, 0.25) is 5.02 Å². The minimum Gasteiger partial charge on any atom is -0.310 e. The SMILES string of the molecule is CCCCc1ccc(N(c2ccc(CCCC)cc2)c2cc(N(c3ccc(CCCC)cc3)c3ccc(CCCC)cc3)c(Cl)c(N(c3ccc(CCCC)cc3)c3ccc(CCCC)cc3)c2)cc1. The van der Waals surface area contributed by atoms with E-state index in [4.69, 9.17) is 11.6 Å². The molecule has 0 unspecified atom stereocenters. The van der Waals surface area contributed by atoms with Crippen molar-refractivity contribution >= 4 is 62.8 Å². The summed E-state index contributed by atoms with van der Waals surface area (Å²) in [6, 6.07) is 60.0. The number of halogens is 1. The van der Waals surface area contributed by atoms with Gasteiger partial charge in [0.05, 0.1) is 22.1 Å². The summed E-state index contributed by atoms with van der Waals surface area (Å²) >= 11 is 8.20. The first-order valence-electron chi connectivity index (χ1n) is 27.1. The Bertz CT molecular complexity index is 2310. The fourth-order valence-corrected chi connectivity index (χ4v) is 9.77. The summed E-state index contributed by atoms with van der Waals surface area (Å²) in [4.78, 5) is 7.22. The zero-order valence-electron chi connectivity index (χ0n) is 43.5. The van der Waals surface area contributed by atoms with Crippen LogP contribution in [0, 0.1) is 0 Å². The summed E-state index contributed by atoms with van der Waals surface area (Å²) in [7, 11) is 0. The average molecular weight is 951 g/mol. The van der Waals surface area contributed by atoms with Gasteiger partial charge in [0.25, 0.3) is 0 Å². The van der Waals surface area contributed by atoms with E-state index >= 15 is 0 Å². The monoisotopic (exact) mass is 950 g/mol. The van der Waals surface area contributed by atoms with Crippen LogP contribution in [-0.4, -0.2) is 0 Å². The van der Waals surface area contributed by atoms with Crippen LogP contribution < -0.4 is 14.7 Å². The van der Waals surface area contributed by atoms with Gasteiger partial charge in [-0.1, -0.05) is 164 Å². The van der Waals surface area contributed by atoms with Crippen molar-refractivity contribution in [3.05, 3.63) is 196 Å². The number of nitrogens with zero attached hydrogens (tertiary/aromatic N) is 3. The van der Waals surface area contributed by atoms with Crippen molar-refractivity contribution in [3.8, 4) is 0 Å². The largest absolute Gasteiger partial charge is 0.310 e. The second-order valence-corrected chi connectivity index (χ2v) is 19.8. The Labute approximate surface area is 428 Å². The molecule has 366 valence electrons. The van der Waals surface area contributed by atoms with Crippen LogP contribution in [0.4, 0.5) is 51.2 Å². The number of aryl methyl sites for hydroxylation is 6. The van der Waals surface area contributed by atoms with Crippen molar-refractivity contribution in [1.29, 1.82) is 0 Å². The van der Waals surface area contributed by atoms with Gasteiger partial charge in [-0.25, -0.2) is 0 Å². The van der Waals surface area contributed by atoms with Gasteiger partial charge in [-0.3, -0.25) is 0 Å². The molecule has 3 nitrogen and oxygen atoms in total. The molecule has 0 heterocycles. The van der Waals surface area contributed by atoms with Crippen LogP contribution in [-0.2, 0) is 38.5 Å². The first kappa shape index (κ1) is 52.1. The molecule has 0 spiro atoms. The quantitative estimate of drug-likeness (QED) is 0.0509. The predicted octanol–water partition coefficient (Wildman–Crippen LogP) is 20.8. The molecule has 7 aromatic carbocycles. The molecular formula is C66H80ClN3. The van der Waals surface area contributed by atoms with E-state index in [1.54, 1.807) is 0 Å². The van der Waals surface area contributed by atoms with Crippen molar-refractivity contribution < 1.29 is 0 Å². The Hall–Kier alpha value is -5.77. The number of benzene rings is 7. The molecule has 0 fully saturated rings. The third kappa shape index (κ3) is 13.8. The Balaban J connectivity index is 1.52. The van der Waals surface area contributed by atoms with Crippen molar-refractivity contribution in [2.24, 2.45) is 0 Å². The highest BCUT2D eigenvalue weighted by molar-refractivity contribution is 6.37. The Morgan fingerprint density at radius 2 is 0.443 bits per heavy atom. The molecule has 0 saturated heterocycles. The van der Waals surface area contributed by atoms with E-state index in [1.165, 1.54) is 110 Å². The molecule has 7 rings (SSSR count). The van der Waals surface area contributed by atoms with E-state index in [1.807, 2.05) is 0 Å². The molecule has 0 aliphatic carbocycles. The fraction of sp³-hybridized carbons (Fsp3) is 0.364. The molecule has 4 heteroatoms. The van der Waals surface area contributed by atoms with E-state index in [0.29, 0.717) is 5.02 Å². The minimum absolute atomic E-state index is 0.684. The van der Waals surface area contributed by atoms with Crippen molar-refractivity contribution in [2.45, 2.75) is 157 Å². The highest BCUT2D eigenvalue weighted by Gasteiger charge is 2.27. The summed E-state index contributed by atoms with van der Waals surface area (Å²) in [5.41, 5.74) is 17.5. The molecule has 0 aromatic heterocycles. The van der Waals surface area contributed by atoms with E-state index in [0.717, 1.165) is 89.7 Å². The molecule has 0 amide bonds. The zero-order chi connectivity index (χ0) is 49.1. The van der Waals surface area contributed by atoms with E-state index in [-0.39, 0.29) is 0 Å². The molecule has 0 N–H and O–H groups in total. The molecule has 0 aliphatic rings. The van der Waals surface area contributed by atoms with Gasteiger partial charge in [-0.05, 0) is 195 Å². The summed E-state index contributed by atoms with van der Waals surface area (Å²) in [5.74, 6) is 0. The second-order valence-electron chi connectivity index (χ2n) is 19.4. The highest BCUT2D eigenvalue weighted by Crippen LogP contribution is 2.51. The Morgan fingerprint density at radius 1 is 0.257 bits per heavy atom. The number of hydrogen-bond acceptors (Lipinski definition) is 3. The third-order valence-electron chi connectivity index (χ3n) is 13.8. The topological polar surface area (TPSA) is 9.72 Å². The molecule has 70 heavy (non-hydrogen) atoms. The zero-order valence-corrected chi connectivity index (χ0v) is 44.2. The van der Waals surface area contributed by atoms with Gasteiger partial charge in [0.15, 0.2) is 0 Å². The maximum Gasteiger partial charge on any atom is 0.0888 e. The number of rotatable bonds is 27. The van der Waals surface area contributed by atoms with Crippen molar-refractivity contribution in [2.75, 3.05) is 14.7 Å². The summed E-state index contributed by atoms with van der Waals surface area (Å²) in [5, 5.41) is 0.684. The maximum absolute atomic E-state index is 8.20. The molecule has 0 aliphatic heterocycles. The Morgan fingerprint density at radius 3 is 0.629 bits per heavy atom. The van der Waals surface area contributed by atoms with Crippen molar-refractivity contribution in [3.63, 3.8) is 0 Å². The van der Waals surface area contributed by atoms with Gasteiger partial charge in [0.1, 0.15) is 0 Å². The summed E-state index contributed by atoms with van der Waals surface area (Å²) < 4.78 is 0. The number of unbranched alkanes of at least 4 members (excludes halogenated alkanes) is 6. The lowest BCUT2D eigenvalue weighted by atomic mass is 10.0. The average Bonchev–Trinajstić information content (AvgIpc) is 3.40. The van der Waals surface area contributed by atoms with Crippen LogP contribution in [0.25, 0.3) is 0 Å². The van der Waals surface area contributed by atoms with Gasteiger partial charge in [0.2, 0.25) is 0 Å². The van der Waals surface area contributed by atoms with Gasteiger partial charge < -0.3 is 14.7 Å². The van der Waals surface area contributed by atoms with Crippen LogP contribution in [0.5, 0.6) is 0 Å². The van der Waals surface area contributed by atoms with Gasteiger partial charge in [-0.2, -0.15) is 0 Å². The lowest BCUT2D eigenvalue weighted by Crippen LogP contribution is -2.17. The minimum atomic E-state index is 0.684. The smallest absolute Gasteiger partial charge is 0.0888 e. The molecule has 0 saturated carbocycles. The van der Waals surface area contributed by atoms with Gasteiger partial charge >= 0.3 is 0 Å². The lowest BCUT2D eigenvalue weighted by molar-refractivity contribution is 0.795. The van der Waals surface area contributed by atoms with E-state index in [9.17, 15) is 0 Å². The first-order chi connectivity index (χ1) is 34.4. The number of hydrogen-bond donors (Lipinski definition) is 0. The molecule has 0 atom stereocenters. The van der Waals surface area contributed by atoms with Crippen molar-refractivity contribution in [1.82, 2.24) is 0 Å². The summed E-state index contributed by atoms with van der Waals surface area (Å²) in [6.07, 6.45) is 20.5. The third-order valence-corrected chi connectivity index (χ3v) is 14.2. The van der Waals surface area contributed by atoms with Crippen LogP contribution in [0.15, 0.2) is 158 Å². The second kappa shape index (κ2) is 27.0. The molecular weight excluding hydrogens is 870 g/mol. The van der Waals surface area contributed by atoms with Crippen LogP contribution in [0.3, 0.4) is 0 Å². The normalized spacial score (nSPS) is 11.2.